The molecule has 29 heavy (non-hydrogen) atoms. The lowest BCUT2D eigenvalue weighted by Gasteiger charge is -2.21. The molecule has 2 atom stereocenters. The third kappa shape index (κ3) is 3.12. The number of imide groups is 1. The Kier molecular flexibility index (Phi) is 4.74. The average molecular weight is 394 g/mol. The number of hydrogen-bond acceptors (Lipinski definition) is 5. The summed E-state index contributed by atoms with van der Waals surface area (Å²) in [7, 11) is 1.56. The van der Waals surface area contributed by atoms with E-state index >= 15 is 0 Å². The molecule has 2 aromatic rings. The van der Waals surface area contributed by atoms with Gasteiger partial charge in [-0.3, -0.25) is 9.59 Å². The molecular formula is C22H22N2O5. The van der Waals surface area contributed by atoms with Gasteiger partial charge in [0.2, 0.25) is 11.5 Å². The number of fused-ring (bicyclic) bond motifs is 2. The van der Waals surface area contributed by atoms with E-state index in [1.54, 1.807) is 19.2 Å². The number of aryl methyl sites for hydroxylation is 1. The molecule has 3 amide bonds. The third-order valence-corrected chi connectivity index (χ3v) is 5.56. The number of amides is 3. The van der Waals surface area contributed by atoms with Crippen LogP contribution >= 0.6 is 0 Å². The van der Waals surface area contributed by atoms with E-state index in [9.17, 15) is 14.4 Å². The van der Waals surface area contributed by atoms with Gasteiger partial charge in [-0.1, -0.05) is 42.5 Å². The molecule has 1 spiro atoms. The highest BCUT2D eigenvalue weighted by Crippen LogP contribution is 2.45. The Morgan fingerprint density at radius 3 is 2.72 bits per heavy atom. The van der Waals surface area contributed by atoms with Gasteiger partial charge in [0.1, 0.15) is 12.3 Å². The van der Waals surface area contributed by atoms with Crippen LogP contribution in [-0.4, -0.2) is 36.5 Å². The molecule has 7 heteroatoms. The second kappa shape index (κ2) is 7.24. The zero-order chi connectivity index (χ0) is 20.6. The summed E-state index contributed by atoms with van der Waals surface area (Å²) in [5.41, 5.74) is 1.20. The quantitative estimate of drug-likeness (QED) is 0.843. The minimum atomic E-state index is -1.30. The molecule has 0 radical (unpaired) electrons. The Labute approximate surface area is 168 Å². The van der Waals surface area contributed by atoms with Gasteiger partial charge in [0.25, 0.3) is 5.91 Å². The highest BCUT2D eigenvalue weighted by atomic mass is 16.6. The molecule has 0 saturated carbocycles. The molecule has 150 valence electrons. The molecule has 1 saturated heterocycles. The van der Waals surface area contributed by atoms with Crippen LogP contribution in [0, 0.1) is 0 Å². The van der Waals surface area contributed by atoms with Gasteiger partial charge in [0.05, 0.1) is 13.2 Å². The van der Waals surface area contributed by atoms with Crippen LogP contribution in [0.5, 0.6) is 5.75 Å². The molecule has 0 unspecified atom stereocenters. The van der Waals surface area contributed by atoms with Crippen LogP contribution in [0.1, 0.15) is 36.1 Å². The van der Waals surface area contributed by atoms with Crippen molar-refractivity contribution in [3.8, 4) is 5.75 Å². The van der Waals surface area contributed by atoms with E-state index in [0.717, 1.165) is 16.0 Å². The van der Waals surface area contributed by atoms with Crippen molar-refractivity contribution in [3.05, 3.63) is 65.2 Å². The van der Waals surface area contributed by atoms with E-state index in [2.05, 4.69) is 5.32 Å². The van der Waals surface area contributed by atoms with Gasteiger partial charge in [-0.2, -0.15) is 0 Å². The SMILES string of the molecule is COc1ccccc1[C@H](C)NC(=O)CN1C(=O)O[C@]2(CCc3ccccc32)C1=O. The minimum absolute atomic E-state index is 0.353. The lowest BCUT2D eigenvalue weighted by atomic mass is 9.95. The number of rotatable bonds is 5. The van der Waals surface area contributed by atoms with Crippen molar-refractivity contribution in [2.24, 2.45) is 0 Å². The first-order chi connectivity index (χ1) is 14.0. The summed E-state index contributed by atoms with van der Waals surface area (Å²) in [6, 6.07) is 14.4. The van der Waals surface area contributed by atoms with Gasteiger partial charge in [0.15, 0.2) is 0 Å². The maximum absolute atomic E-state index is 13.1. The molecule has 7 nitrogen and oxygen atoms in total. The topological polar surface area (TPSA) is 84.9 Å². The van der Waals surface area contributed by atoms with Crippen molar-refractivity contribution < 1.29 is 23.9 Å². The van der Waals surface area contributed by atoms with E-state index in [-0.39, 0.29) is 12.6 Å². The fraction of sp³-hybridized carbons (Fsp3) is 0.318. The van der Waals surface area contributed by atoms with E-state index in [0.29, 0.717) is 24.2 Å². The maximum atomic E-state index is 13.1. The number of ether oxygens (including phenoxy) is 2. The summed E-state index contributed by atoms with van der Waals surface area (Å²) in [6.07, 6.45) is 0.263. The first-order valence-electron chi connectivity index (χ1n) is 9.52. The largest absolute Gasteiger partial charge is 0.496 e. The zero-order valence-corrected chi connectivity index (χ0v) is 16.3. The zero-order valence-electron chi connectivity index (χ0n) is 16.3. The molecule has 1 fully saturated rings. The predicted molar refractivity (Wildman–Crippen MR) is 104 cm³/mol. The number of para-hydroxylation sites is 1. The number of carbonyl (C=O) groups excluding carboxylic acids is 3. The molecule has 4 rings (SSSR count). The third-order valence-electron chi connectivity index (χ3n) is 5.56. The summed E-state index contributed by atoms with van der Waals surface area (Å²) < 4.78 is 10.8. The van der Waals surface area contributed by atoms with Gasteiger partial charge >= 0.3 is 6.09 Å². The predicted octanol–water partition coefficient (Wildman–Crippen LogP) is 2.69. The molecule has 2 aromatic carbocycles. The minimum Gasteiger partial charge on any atom is -0.496 e. The Morgan fingerprint density at radius 2 is 1.93 bits per heavy atom. The van der Waals surface area contributed by atoms with Gasteiger partial charge in [-0.15, -0.1) is 0 Å². The van der Waals surface area contributed by atoms with Crippen LogP contribution in [0.2, 0.25) is 0 Å². The summed E-state index contributed by atoms with van der Waals surface area (Å²) >= 11 is 0. The number of carbonyl (C=O) groups is 3. The number of nitrogens with one attached hydrogen (secondary N) is 1. The Morgan fingerprint density at radius 1 is 1.21 bits per heavy atom. The van der Waals surface area contributed by atoms with Gasteiger partial charge in [0, 0.05) is 17.5 Å². The number of benzene rings is 2. The van der Waals surface area contributed by atoms with Crippen LogP contribution in [0.4, 0.5) is 4.79 Å². The van der Waals surface area contributed by atoms with Crippen LogP contribution in [0.25, 0.3) is 0 Å². The van der Waals surface area contributed by atoms with Crippen molar-refractivity contribution >= 4 is 17.9 Å². The second-order valence-electron chi connectivity index (χ2n) is 7.27. The van der Waals surface area contributed by atoms with E-state index in [1.807, 2.05) is 43.3 Å². The Balaban J connectivity index is 1.48. The molecule has 1 N–H and O–H groups in total. The smallest absolute Gasteiger partial charge is 0.418 e. The second-order valence-corrected chi connectivity index (χ2v) is 7.27. The molecule has 1 aliphatic heterocycles. The van der Waals surface area contributed by atoms with Crippen molar-refractivity contribution in [2.45, 2.75) is 31.4 Å². The van der Waals surface area contributed by atoms with Crippen LogP contribution in [-0.2, 0) is 26.3 Å². The van der Waals surface area contributed by atoms with Gasteiger partial charge in [-0.25, -0.2) is 9.69 Å². The van der Waals surface area contributed by atoms with Crippen LogP contribution in [0.3, 0.4) is 0 Å². The highest BCUT2D eigenvalue weighted by Gasteiger charge is 2.58. The Bertz CT molecular complexity index is 989. The monoisotopic (exact) mass is 394 g/mol. The molecule has 2 aliphatic rings. The van der Waals surface area contributed by atoms with Crippen molar-refractivity contribution in [1.29, 1.82) is 0 Å². The van der Waals surface area contributed by atoms with E-state index in [1.165, 1.54) is 0 Å². The lowest BCUT2D eigenvalue weighted by molar-refractivity contribution is -0.139. The lowest BCUT2D eigenvalue weighted by Crippen LogP contribution is -2.43. The first-order valence-corrected chi connectivity index (χ1v) is 9.52. The van der Waals surface area contributed by atoms with Crippen molar-refractivity contribution in [3.63, 3.8) is 0 Å². The number of nitrogens with zero attached hydrogens (tertiary/aromatic N) is 1. The van der Waals surface area contributed by atoms with E-state index < -0.39 is 23.5 Å². The number of hydrogen-bond donors (Lipinski definition) is 1. The number of methoxy groups -OCH3 is 1. The van der Waals surface area contributed by atoms with Gasteiger partial charge in [-0.05, 0) is 25.0 Å². The van der Waals surface area contributed by atoms with Crippen LogP contribution in [0.15, 0.2) is 48.5 Å². The molecule has 1 aliphatic carbocycles. The summed E-state index contributed by atoms with van der Waals surface area (Å²) in [6.45, 7) is 1.43. The average Bonchev–Trinajstić information content (AvgIpc) is 3.21. The fourth-order valence-electron chi connectivity index (χ4n) is 4.12. The van der Waals surface area contributed by atoms with E-state index in [4.69, 9.17) is 9.47 Å². The molecule has 1 heterocycles. The maximum Gasteiger partial charge on any atom is 0.418 e. The summed E-state index contributed by atoms with van der Waals surface area (Å²) in [5, 5.41) is 2.82. The highest BCUT2D eigenvalue weighted by molar-refractivity contribution is 6.06. The molecule has 0 bridgehead atoms. The van der Waals surface area contributed by atoms with Gasteiger partial charge < -0.3 is 14.8 Å². The van der Waals surface area contributed by atoms with Crippen LogP contribution < -0.4 is 10.1 Å². The molecular weight excluding hydrogens is 372 g/mol. The fourth-order valence-corrected chi connectivity index (χ4v) is 4.12. The summed E-state index contributed by atoms with van der Waals surface area (Å²) in [5.74, 6) is -0.275. The first kappa shape index (κ1) is 19.0. The van der Waals surface area contributed by atoms with Crippen molar-refractivity contribution in [1.82, 2.24) is 10.2 Å². The summed E-state index contributed by atoms with van der Waals surface area (Å²) in [4.78, 5) is 39.0. The Hall–Kier alpha value is -3.35. The standard InChI is InChI=1S/C22H22N2O5/c1-14(16-8-4-6-10-18(16)28-2)23-19(25)13-24-20(26)22(29-21(24)27)12-11-15-7-3-5-9-17(15)22/h3-10,14H,11-13H2,1-2H3,(H,23,25)/t14-,22-/m0/s1. The normalized spacial score (nSPS) is 21.1. The molecule has 0 aromatic heterocycles. The van der Waals surface area contributed by atoms with Crippen molar-refractivity contribution in [2.75, 3.05) is 13.7 Å².